The van der Waals surface area contributed by atoms with Crippen molar-refractivity contribution >= 4 is 15.9 Å². The summed E-state index contributed by atoms with van der Waals surface area (Å²) in [4.78, 5) is 0. The van der Waals surface area contributed by atoms with Gasteiger partial charge in [-0.15, -0.1) is 0 Å². The molecule has 2 heteroatoms. The number of halogens is 1. The Hall–Kier alpha value is -0.340. The number of hydrogen-bond acceptors (Lipinski definition) is 1. The lowest BCUT2D eigenvalue weighted by atomic mass is 9.81. The van der Waals surface area contributed by atoms with Crippen LogP contribution >= 0.6 is 15.9 Å². The number of benzene rings is 1. The largest absolute Gasteiger partial charge is 0.305 e. The summed E-state index contributed by atoms with van der Waals surface area (Å²) in [6.45, 7) is 13.8. The molecule has 0 aromatic heterocycles. The van der Waals surface area contributed by atoms with Gasteiger partial charge in [0.2, 0.25) is 0 Å². The Morgan fingerprint density at radius 3 is 2.00 bits per heavy atom. The van der Waals surface area contributed by atoms with Crippen molar-refractivity contribution in [2.24, 2.45) is 5.41 Å². The molecule has 0 amide bonds. The molecule has 108 valence electrons. The molecule has 0 saturated heterocycles. The molecule has 0 fully saturated rings. The van der Waals surface area contributed by atoms with Gasteiger partial charge in [-0.2, -0.15) is 0 Å². The molecule has 0 bridgehead atoms. The molecule has 1 aromatic rings. The summed E-state index contributed by atoms with van der Waals surface area (Å²) in [5.41, 5.74) is 1.85. The maximum absolute atomic E-state index is 3.82. The minimum absolute atomic E-state index is 0.145. The van der Waals surface area contributed by atoms with Crippen molar-refractivity contribution in [2.75, 3.05) is 0 Å². The van der Waals surface area contributed by atoms with Gasteiger partial charge in [0.15, 0.2) is 0 Å². The molecule has 1 aromatic carbocycles. The van der Waals surface area contributed by atoms with E-state index in [4.69, 9.17) is 0 Å². The van der Waals surface area contributed by atoms with E-state index in [9.17, 15) is 0 Å². The van der Waals surface area contributed by atoms with Crippen molar-refractivity contribution in [1.82, 2.24) is 5.32 Å². The zero-order chi connectivity index (χ0) is 14.7. The fraction of sp³-hybridized carbons (Fsp3) is 0.647. The lowest BCUT2D eigenvalue weighted by molar-refractivity contribution is 0.220. The molecule has 0 aliphatic carbocycles. The second-order valence-electron chi connectivity index (χ2n) is 7.28. The van der Waals surface area contributed by atoms with Crippen LogP contribution in [0, 0.1) is 5.41 Å². The summed E-state index contributed by atoms with van der Waals surface area (Å²) >= 11 is 3.50. The van der Waals surface area contributed by atoms with Gasteiger partial charge in [0.05, 0.1) is 0 Å². The maximum atomic E-state index is 3.82. The Bertz CT molecular complexity index is 387. The summed E-state index contributed by atoms with van der Waals surface area (Å²) in [5.74, 6) is 0. The molecule has 19 heavy (non-hydrogen) atoms. The molecule has 0 radical (unpaired) electrons. The third kappa shape index (κ3) is 6.09. The van der Waals surface area contributed by atoms with E-state index >= 15 is 0 Å². The van der Waals surface area contributed by atoms with Crippen LogP contribution in [-0.2, 0) is 0 Å². The highest BCUT2D eigenvalue weighted by Gasteiger charge is 2.27. The third-order valence-electron chi connectivity index (χ3n) is 3.22. The quantitative estimate of drug-likeness (QED) is 0.731. The second-order valence-corrected chi connectivity index (χ2v) is 8.19. The predicted molar refractivity (Wildman–Crippen MR) is 88.5 cm³/mol. The summed E-state index contributed by atoms with van der Waals surface area (Å²) in [7, 11) is 0. The first-order chi connectivity index (χ1) is 8.63. The summed E-state index contributed by atoms with van der Waals surface area (Å²) in [5, 5.41) is 3.82. The highest BCUT2D eigenvalue weighted by molar-refractivity contribution is 9.10. The zero-order valence-corrected chi connectivity index (χ0v) is 14.8. The minimum Gasteiger partial charge on any atom is -0.305 e. The second kappa shape index (κ2) is 6.41. The molecule has 0 saturated carbocycles. The first kappa shape index (κ1) is 16.7. The Morgan fingerprint density at radius 1 is 1.05 bits per heavy atom. The van der Waals surface area contributed by atoms with E-state index in [0.29, 0.717) is 11.5 Å². The van der Waals surface area contributed by atoms with Gasteiger partial charge in [-0.25, -0.2) is 0 Å². The van der Waals surface area contributed by atoms with E-state index in [1.165, 1.54) is 5.56 Å². The number of hydrogen-bond donors (Lipinski definition) is 1. The lowest BCUT2D eigenvalue weighted by Crippen LogP contribution is -2.44. The molecular formula is C17H28BrN. The fourth-order valence-corrected chi connectivity index (χ4v) is 3.23. The third-order valence-corrected chi connectivity index (χ3v) is 3.75. The smallest absolute Gasteiger partial charge is 0.0322 e. The molecule has 1 atom stereocenters. The van der Waals surface area contributed by atoms with Crippen molar-refractivity contribution in [3.8, 4) is 0 Å². The molecule has 1 nitrogen and oxygen atoms in total. The fourth-order valence-electron chi connectivity index (χ4n) is 2.96. The van der Waals surface area contributed by atoms with Crippen LogP contribution in [0.2, 0.25) is 0 Å². The number of rotatable bonds is 5. The van der Waals surface area contributed by atoms with Crippen molar-refractivity contribution in [2.45, 2.75) is 66.0 Å². The van der Waals surface area contributed by atoms with Crippen LogP contribution in [0.3, 0.4) is 0 Å². The van der Waals surface area contributed by atoms with Crippen molar-refractivity contribution < 1.29 is 0 Å². The minimum atomic E-state index is 0.145. The molecular weight excluding hydrogens is 298 g/mol. The van der Waals surface area contributed by atoms with Gasteiger partial charge < -0.3 is 5.32 Å². The predicted octanol–water partition coefficient (Wildman–Crippen LogP) is 5.70. The average Bonchev–Trinajstić information content (AvgIpc) is 2.24. The first-order valence-corrected chi connectivity index (χ1v) is 7.95. The van der Waals surface area contributed by atoms with Crippen LogP contribution in [-0.4, -0.2) is 5.54 Å². The molecule has 0 spiro atoms. The summed E-state index contributed by atoms with van der Waals surface area (Å²) < 4.78 is 1.14. The SMILES string of the molecule is CCC(NC(C)(C)CC(C)(C)C)c1ccc(Br)cc1. The molecule has 1 N–H and O–H groups in total. The van der Waals surface area contributed by atoms with Crippen molar-refractivity contribution in [1.29, 1.82) is 0 Å². The van der Waals surface area contributed by atoms with Crippen LogP contribution in [0.15, 0.2) is 28.7 Å². The van der Waals surface area contributed by atoms with E-state index < -0.39 is 0 Å². The molecule has 1 rings (SSSR count). The Kier molecular flexibility index (Phi) is 5.64. The van der Waals surface area contributed by atoms with Gasteiger partial charge in [-0.1, -0.05) is 55.8 Å². The van der Waals surface area contributed by atoms with Gasteiger partial charge >= 0.3 is 0 Å². The molecule has 1 unspecified atom stereocenters. The molecule has 0 aliphatic rings. The van der Waals surface area contributed by atoms with Crippen LogP contribution in [0.4, 0.5) is 0 Å². The van der Waals surface area contributed by atoms with E-state index in [0.717, 1.165) is 17.3 Å². The lowest BCUT2D eigenvalue weighted by Gasteiger charge is -2.37. The molecule has 0 heterocycles. The van der Waals surface area contributed by atoms with Gasteiger partial charge in [0, 0.05) is 16.1 Å². The topological polar surface area (TPSA) is 12.0 Å². The van der Waals surface area contributed by atoms with Crippen molar-refractivity contribution in [3.63, 3.8) is 0 Å². The monoisotopic (exact) mass is 325 g/mol. The first-order valence-electron chi connectivity index (χ1n) is 7.16. The van der Waals surface area contributed by atoms with Gasteiger partial charge in [0.25, 0.3) is 0 Å². The Labute approximate surface area is 127 Å². The van der Waals surface area contributed by atoms with Crippen LogP contribution < -0.4 is 5.32 Å². The highest BCUT2D eigenvalue weighted by atomic mass is 79.9. The van der Waals surface area contributed by atoms with E-state index in [1.54, 1.807) is 0 Å². The van der Waals surface area contributed by atoms with Crippen LogP contribution in [0.25, 0.3) is 0 Å². The van der Waals surface area contributed by atoms with Crippen molar-refractivity contribution in [3.05, 3.63) is 34.3 Å². The van der Waals surface area contributed by atoms with E-state index in [1.807, 2.05) is 0 Å². The summed E-state index contributed by atoms with van der Waals surface area (Å²) in [6.07, 6.45) is 2.27. The zero-order valence-electron chi connectivity index (χ0n) is 13.2. The van der Waals surface area contributed by atoms with Crippen LogP contribution in [0.1, 0.15) is 66.0 Å². The molecule has 0 aliphatic heterocycles. The van der Waals surface area contributed by atoms with Gasteiger partial charge in [-0.05, 0) is 49.8 Å². The maximum Gasteiger partial charge on any atom is 0.0322 e. The highest BCUT2D eigenvalue weighted by Crippen LogP contribution is 2.30. The van der Waals surface area contributed by atoms with Crippen LogP contribution in [0.5, 0.6) is 0 Å². The Balaban J connectivity index is 2.79. The van der Waals surface area contributed by atoms with E-state index in [2.05, 4.69) is 87.1 Å². The van der Waals surface area contributed by atoms with Gasteiger partial charge in [0.1, 0.15) is 0 Å². The Morgan fingerprint density at radius 2 is 1.58 bits per heavy atom. The summed E-state index contributed by atoms with van der Waals surface area (Å²) in [6, 6.07) is 9.08. The van der Waals surface area contributed by atoms with E-state index in [-0.39, 0.29) is 5.54 Å². The standard InChI is InChI=1S/C17H28BrN/c1-7-15(13-8-10-14(18)11-9-13)19-17(5,6)12-16(2,3)4/h8-11,15,19H,7,12H2,1-6H3. The average molecular weight is 326 g/mol. The van der Waals surface area contributed by atoms with Gasteiger partial charge in [-0.3, -0.25) is 0 Å². The normalized spacial score (nSPS) is 14.5. The number of nitrogens with one attached hydrogen (secondary N) is 1.